The van der Waals surface area contributed by atoms with Crippen LogP contribution in [0.15, 0.2) is 24.5 Å². The third-order valence-corrected chi connectivity index (χ3v) is 3.26. The Hall–Kier alpha value is -2.23. The fourth-order valence-corrected chi connectivity index (χ4v) is 2.18. The molecule has 23 heavy (non-hydrogen) atoms. The highest BCUT2D eigenvalue weighted by Gasteiger charge is 2.22. The molecule has 2 aromatic rings. The second kappa shape index (κ2) is 7.86. The van der Waals surface area contributed by atoms with E-state index >= 15 is 0 Å². The summed E-state index contributed by atoms with van der Waals surface area (Å²) in [6.07, 6.45) is 0.963. The van der Waals surface area contributed by atoms with E-state index in [-0.39, 0.29) is 18.3 Å². The standard InChI is InChI=1S/C13H16N6O3.ClH/c1-21-11-3-2-9(6-10(11)19-8-15-17-18-19)16-13(20)12-7-14-4-5-22-12;/h2-3,6,8,12,14H,4-5,7H2,1H3,(H,16,20);1H. The first-order valence-corrected chi connectivity index (χ1v) is 6.82. The largest absolute Gasteiger partial charge is 0.494 e. The molecule has 10 heteroatoms. The van der Waals surface area contributed by atoms with Gasteiger partial charge in [0.05, 0.1) is 13.7 Å². The second-order valence-electron chi connectivity index (χ2n) is 4.69. The molecular formula is C13H17ClN6O3. The number of anilines is 1. The Bertz CT molecular complexity index is 645. The summed E-state index contributed by atoms with van der Waals surface area (Å²) in [6.45, 7) is 1.79. The van der Waals surface area contributed by atoms with Gasteiger partial charge in [-0.05, 0) is 28.6 Å². The summed E-state index contributed by atoms with van der Waals surface area (Å²) in [5, 5.41) is 17.0. The summed E-state index contributed by atoms with van der Waals surface area (Å²) < 4.78 is 12.2. The lowest BCUT2D eigenvalue weighted by atomic mass is 10.2. The minimum absolute atomic E-state index is 0. The van der Waals surface area contributed by atoms with Crippen molar-refractivity contribution in [1.82, 2.24) is 25.5 Å². The Morgan fingerprint density at radius 3 is 3.04 bits per heavy atom. The number of nitrogens with one attached hydrogen (secondary N) is 2. The lowest BCUT2D eigenvalue weighted by Gasteiger charge is -2.22. The number of halogens is 1. The SMILES string of the molecule is COc1ccc(NC(=O)C2CNCCO2)cc1-n1cnnn1.Cl. The molecule has 1 saturated heterocycles. The number of carbonyl (C=O) groups excluding carboxylic acids is 1. The number of benzene rings is 1. The number of nitrogens with zero attached hydrogens (tertiary/aromatic N) is 4. The van der Waals surface area contributed by atoms with Crippen molar-refractivity contribution in [3.8, 4) is 11.4 Å². The lowest BCUT2D eigenvalue weighted by Crippen LogP contribution is -2.45. The molecule has 0 aliphatic carbocycles. The van der Waals surface area contributed by atoms with Gasteiger partial charge < -0.3 is 20.1 Å². The van der Waals surface area contributed by atoms with E-state index in [4.69, 9.17) is 9.47 Å². The molecule has 1 aromatic carbocycles. The summed E-state index contributed by atoms with van der Waals surface area (Å²) in [5.41, 5.74) is 1.25. The van der Waals surface area contributed by atoms with Gasteiger partial charge in [0.25, 0.3) is 5.91 Å². The van der Waals surface area contributed by atoms with Crippen molar-refractivity contribution in [2.45, 2.75) is 6.10 Å². The topological polar surface area (TPSA) is 103 Å². The number of hydrogen-bond donors (Lipinski definition) is 2. The zero-order valence-corrected chi connectivity index (χ0v) is 13.2. The first kappa shape index (κ1) is 17.1. The Balaban J connectivity index is 0.00000192. The molecule has 0 bridgehead atoms. The van der Waals surface area contributed by atoms with Crippen molar-refractivity contribution in [1.29, 1.82) is 0 Å². The molecule has 1 atom stereocenters. The summed E-state index contributed by atoms with van der Waals surface area (Å²) >= 11 is 0. The molecule has 1 aliphatic rings. The average Bonchev–Trinajstić information content (AvgIpc) is 3.10. The lowest BCUT2D eigenvalue weighted by molar-refractivity contribution is -0.128. The molecule has 1 aromatic heterocycles. The fourth-order valence-electron chi connectivity index (χ4n) is 2.18. The Kier molecular flexibility index (Phi) is 5.85. The van der Waals surface area contributed by atoms with Crippen LogP contribution >= 0.6 is 12.4 Å². The van der Waals surface area contributed by atoms with E-state index in [0.717, 1.165) is 6.54 Å². The van der Waals surface area contributed by atoms with E-state index < -0.39 is 6.10 Å². The molecule has 1 aliphatic heterocycles. The minimum atomic E-state index is -0.493. The van der Waals surface area contributed by atoms with Crippen molar-refractivity contribution in [2.75, 3.05) is 32.1 Å². The number of aromatic nitrogens is 4. The van der Waals surface area contributed by atoms with Gasteiger partial charge in [-0.15, -0.1) is 17.5 Å². The maximum atomic E-state index is 12.2. The van der Waals surface area contributed by atoms with Gasteiger partial charge in [0.1, 0.15) is 23.9 Å². The highest BCUT2D eigenvalue weighted by atomic mass is 35.5. The average molecular weight is 341 g/mol. The minimum Gasteiger partial charge on any atom is -0.494 e. The number of carbonyl (C=O) groups is 1. The monoisotopic (exact) mass is 340 g/mol. The van der Waals surface area contributed by atoms with Crippen molar-refractivity contribution >= 4 is 24.0 Å². The molecule has 0 saturated carbocycles. The van der Waals surface area contributed by atoms with Gasteiger partial charge in [-0.1, -0.05) is 0 Å². The van der Waals surface area contributed by atoms with Crippen LogP contribution in [-0.4, -0.2) is 59.0 Å². The summed E-state index contributed by atoms with van der Waals surface area (Å²) in [5.74, 6) is 0.404. The third-order valence-electron chi connectivity index (χ3n) is 3.26. The van der Waals surface area contributed by atoms with Crippen molar-refractivity contribution < 1.29 is 14.3 Å². The van der Waals surface area contributed by atoms with Crippen LogP contribution in [-0.2, 0) is 9.53 Å². The van der Waals surface area contributed by atoms with E-state index in [1.807, 2.05) is 0 Å². The Labute approximate surface area is 138 Å². The van der Waals surface area contributed by atoms with E-state index in [0.29, 0.717) is 30.3 Å². The molecule has 2 heterocycles. The van der Waals surface area contributed by atoms with E-state index in [9.17, 15) is 4.79 Å². The zero-order chi connectivity index (χ0) is 15.4. The highest BCUT2D eigenvalue weighted by Crippen LogP contribution is 2.25. The molecule has 9 nitrogen and oxygen atoms in total. The van der Waals surface area contributed by atoms with Gasteiger partial charge in [0, 0.05) is 18.8 Å². The number of ether oxygens (including phenoxy) is 2. The number of morpholine rings is 1. The first-order chi connectivity index (χ1) is 10.8. The van der Waals surface area contributed by atoms with Crippen LogP contribution in [0.25, 0.3) is 5.69 Å². The molecule has 1 unspecified atom stereocenters. The van der Waals surface area contributed by atoms with Crippen LogP contribution in [0.2, 0.25) is 0 Å². The van der Waals surface area contributed by atoms with E-state index in [1.54, 1.807) is 25.3 Å². The normalized spacial score (nSPS) is 17.2. The van der Waals surface area contributed by atoms with Gasteiger partial charge in [-0.25, -0.2) is 0 Å². The molecule has 0 radical (unpaired) electrons. The number of methoxy groups -OCH3 is 1. The third kappa shape index (κ3) is 3.95. The molecular weight excluding hydrogens is 324 g/mol. The van der Waals surface area contributed by atoms with Crippen LogP contribution in [0, 0.1) is 0 Å². The zero-order valence-electron chi connectivity index (χ0n) is 12.4. The van der Waals surface area contributed by atoms with E-state index in [1.165, 1.54) is 11.0 Å². The van der Waals surface area contributed by atoms with Crippen LogP contribution < -0.4 is 15.4 Å². The van der Waals surface area contributed by atoms with Gasteiger partial charge in [-0.3, -0.25) is 4.79 Å². The summed E-state index contributed by atoms with van der Waals surface area (Å²) in [6, 6.07) is 5.23. The summed E-state index contributed by atoms with van der Waals surface area (Å²) in [7, 11) is 1.56. The van der Waals surface area contributed by atoms with E-state index in [2.05, 4.69) is 26.2 Å². The Morgan fingerprint density at radius 2 is 2.39 bits per heavy atom. The maximum absolute atomic E-state index is 12.2. The molecule has 1 fully saturated rings. The van der Waals surface area contributed by atoms with Crippen molar-refractivity contribution in [2.24, 2.45) is 0 Å². The predicted molar refractivity (Wildman–Crippen MR) is 84.2 cm³/mol. The molecule has 3 rings (SSSR count). The van der Waals surface area contributed by atoms with Gasteiger partial charge >= 0.3 is 0 Å². The highest BCUT2D eigenvalue weighted by molar-refractivity contribution is 5.94. The van der Waals surface area contributed by atoms with Crippen molar-refractivity contribution in [3.63, 3.8) is 0 Å². The predicted octanol–water partition coefficient (Wildman–Crippen LogP) is 0.0196. The maximum Gasteiger partial charge on any atom is 0.254 e. The summed E-state index contributed by atoms with van der Waals surface area (Å²) in [4.78, 5) is 12.2. The smallest absolute Gasteiger partial charge is 0.254 e. The molecule has 0 spiro atoms. The van der Waals surface area contributed by atoms with Gasteiger partial charge in [-0.2, -0.15) is 4.68 Å². The second-order valence-corrected chi connectivity index (χ2v) is 4.69. The number of rotatable bonds is 4. The van der Waals surface area contributed by atoms with Crippen LogP contribution in [0.1, 0.15) is 0 Å². The van der Waals surface area contributed by atoms with Crippen LogP contribution in [0.4, 0.5) is 5.69 Å². The van der Waals surface area contributed by atoms with Gasteiger partial charge in [0.2, 0.25) is 0 Å². The van der Waals surface area contributed by atoms with Gasteiger partial charge in [0.15, 0.2) is 0 Å². The van der Waals surface area contributed by atoms with Crippen molar-refractivity contribution in [3.05, 3.63) is 24.5 Å². The number of amides is 1. The molecule has 2 N–H and O–H groups in total. The molecule has 1 amide bonds. The fraction of sp³-hybridized carbons (Fsp3) is 0.385. The Morgan fingerprint density at radius 1 is 1.52 bits per heavy atom. The number of tetrazole rings is 1. The number of hydrogen-bond acceptors (Lipinski definition) is 7. The first-order valence-electron chi connectivity index (χ1n) is 6.82. The van der Waals surface area contributed by atoms with Crippen LogP contribution in [0.5, 0.6) is 5.75 Å². The quantitative estimate of drug-likeness (QED) is 0.808. The van der Waals surface area contributed by atoms with Crippen LogP contribution in [0.3, 0.4) is 0 Å². The molecule has 124 valence electrons.